The van der Waals surface area contributed by atoms with Crippen molar-refractivity contribution in [2.45, 2.75) is 52.5 Å². The molecule has 0 bridgehead atoms. The van der Waals surface area contributed by atoms with E-state index < -0.39 is 0 Å². The Balaban J connectivity index is 1.77. The van der Waals surface area contributed by atoms with Crippen LogP contribution in [0.3, 0.4) is 0 Å². The molecular weight excluding hydrogens is 326 g/mol. The minimum atomic E-state index is 0.658. The van der Waals surface area contributed by atoms with Gasteiger partial charge < -0.3 is 20.3 Å². The topological polar surface area (TPSA) is 61.8 Å². The predicted molar refractivity (Wildman–Crippen MR) is 109 cm³/mol. The molecule has 0 unspecified atom stereocenters. The quantitative estimate of drug-likeness (QED) is 0.360. The zero-order valence-corrected chi connectivity index (χ0v) is 16.5. The Morgan fingerprint density at radius 2 is 2.00 bits per heavy atom. The Kier molecular flexibility index (Phi) is 9.87. The molecule has 0 amide bonds. The third-order valence-electron chi connectivity index (χ3n) is 4.40. The molecular formula is C20H35N5O. The summed E-state index contributed by atoms with van der Waals surface area (Å²) in [4.78, 5) is 11.6. The molecule has 0 aliphatic carbocycles. The average molecular weight is 362 g/mol. The molecule has 146 valence electrons. The molecule has 6 nitrogen and oxygen atoms in total. The molecule has 1 aromatic heterocycles. The van der Waals surface area contributed by atoms with E-state index in [1.807, 2.05) is 12.3 Å². The monoisotopic (exact) mass is 361 g/mol. The van der Waals surface area contributed by atoms with Crippen molar-refractivity contribution in [2.24, 2.45) is 4.99 Å². The van der Waals surface area contributed by atoms with Crippen molar-refractivity contribution in [3.63, 3.8) is 0 Å². The summed E-state index contributed by atoms with van der Waals surface area (Å²) in [6.45, 7) is 10.5. The van der Waals surface area contributed by atoms with E-state index in [2.05, 4.69) is 40.4 Å². The number of nitrogens with zero attached hydrogens (tertiary/aromatic N) is 3. The van der Waals surface area contributed by atoms with Crippen LogP contribution in [0, 0.1) is 0 Å². The zero-order valence-electron chi connectivity index (χ0n) is 16.5. The second-order valence-electron chi connectivity index (χ2n) is 6.66. The summed E-state index contributed by atoms with van der Waals surface area (Å²) in [7, 11) is 0. The number of guanidine groups is 1. The van der Waals surface area contributed by atoms with Crippen molar-refractivity contribution >= 4 is 11.8 Å². The van der Waals surface area contributed by atoms with Crippen molar-refractivity contribution in [2.75, 3.05) is 44.3 Å². The van der Waals surface area contributed by atoms with Gasteiger partial charge in [0.1, 0.15) is 5.82 Å². The minimum Gasteiger partial charge on any atom is -0.381 e. The first-order chi connectivity index (χ1) is 12.8. The maximum absolute atomic E-state index is 5.60. The third kappa shape index (κ3) is 7.60. The van der Waals surface area contributed by atoms with Crippen LogP contribution >= 0.6 is 0 Å². The predicted octanol–water partition coefficient (Wildman–Crippen LogP) is 2.94. The standard InChI is InChI=1S/C20H35N5O/c1-3-5-14-26-15-8-10-23-20(21-4-2)24-17-18-9-11-22-19(16-18)25-12-6-7-13-25/h9,11,16H,3-8,10,12-15,17H2,1-2H3,(H2,21,23,24). The van der Waals surface area contributed by atoms with Gasteiger partial charge in [0.25, 0.3) is 0 Å². The molecule has 0 saturated carbocycles. The summed E-state index contributed by atoms with van der Waals surface area (Å²) in [6, 6.07) is 4.22. The summed E-state index contributed by atoms with van der Waals surface area (Å²) in [5.74, 6) is 1.94. The molecule has 0 atom stereocenters. The normalized spacial score (nSPS) is 14.7. The number of anilines is 1. The van der Waals surface area contributed by atoms with Gasteiger partial charge in [-0.3, -0.25) is 0 Å². The van der Waals surface area contributed by atoms with E-state index in [4.69, 9.17) is 9.73 Å². The molecule has 2 rings (SSSR count). The van der Waals surface area contributed by atoms with Crippen molar-refractivity contribution in [3.8, 4) is 0 Å². The first-order valence-corrected chi connectivity index (χ1v) is 10.1. The maximum atomic E-state index is 5.60. The van der Waals surface area contributed by atoms with E-state index in [0.29, 0.717) is 6.54 Å². The van der Waals surface area contributed by atoms with Crippen LogP contribution in [0.15, 0.2) is 23.3 Å². The van der Waals surface area contributed by atoms with E-state index in [1.54, 1.807) is 0 Å². The lowest BCUT2D eigenvalue weighted by Gasteiger charge is -2.16. The van der Waals surface area contributed by atoms with Gasteiger partial charge in [-0.1, -0.05) is 13.3 Å². The highest BCUT2D eigenvalue weighted by Crippen LogP contribution is 2.18. The Hall–Kier alpha value is -1.82. The molecule has 1 aliphatic rings. The molecule has 0 spiro atoms. The van der Waals surface area contributed by atoms with Crippen LogP contribution in [0.25, 0.3) is 0 Å². The molecule has 2 N–H and O–H groups in total. The van der Waals surface area contributed by atoms with Gasteiger partial charge in [-0.2, -0.15) is 0 Å². The number of hydrogen-bond acceptors (Lipinski definition) is 4. The van der Waals surface area contributed by atoms with E-state index in [1.165, 1.54) is 24.8 Å². The molecule has 0 radical (unpaired) electrons. The number of nitrogens with one attached hydrogen (secondary N) is 2. The van der Waals surface area contributed by atoms with Gasteiger partial charge in [-0.25, -0.2) is 9.98 Å². The Morgan fingerprint density at radius 3 is 2.77 bits per heavy atom. The SMILES string of the molecule is CCCCOCCCNC(=NCc1ccnc(N2CCCC2)c1)NCC. The lowest BCUT2D eigenvalue weighted by molar-refractivity contribution is 0.129. The van der Waals surface area contributed by atoms with E-state index >= 15 is 0 Å². The molecule has 6 heteroatoms. The number of ether oxygens (including phenoxy) is 1. The lowest BCUT2D eigenvalue weighted by atomic mass is 10.2. The number of rotatable bonds is 11. The van der Waals surface area contributed by atoms with Crippen LogP contribution in [0.4, 0.5) is 5.82 Å². The van der Waals surface area contributed by atoms with Crippen LogP contribution in [0.5, 0.6) is 0 Å². The van der Waals surface area contributed by atoms with Gasteiger partial charge in [0.15, 0.2) is 5.96 Å². The second kappa shape index (κ2) is 12.5. The van der Waals surface area contributed by atoms with Crippen LogP contribution in [-0.2, 0) is 11.3 Å². The number of aliphatic imine (C=N–C) groups is 1. The highest BCUT2D eigenvalue weighted by atomic mass is 16.5. The average Bonchev–Trinajstić information content (AvgIpc) is 3.20. The molecule has 1 aromatic rings. The number of hydrogen-bond donors (Lipinski definition) is 2. The fourth-order valence-electron chi connectivity index (χ4n) is 2.92. The van der Waals surface area contributed by atoms with Gasteiger partial charge in [-0.15, -0.1) is 0 Å². The van der Waals surface area contributed by atoms with Gasteiger partial charge in [0.05, 0.1) is 6.54 Å². The molecule has 26 heavy (non-hydrogen) atoms. The van der Waals surface area contributed by atoms with Crippen molar-refractivity contribution < 1.29 is 4.74 Å². The van der Waals surface area contributed by atoms with Crippen LogP contribution in [0.2, 0.25) is 0 Å². The highest BCUT2D eigenvalue weighted by molar-refractivity contribution is 5.79. The summed E-state index contributed by atoms with van der Waals surface area (Å²) in [5.41, 5.74) is 1.20. The number of pyridine rings is 1. The van der Waals surface area contributed by atoms with Crippen molar-refractivity contribution in [1.82, 2.24) is 15.6 Å². The Morgan fingerprint density at radius 1 is 1.19 bits per heavy atom. The molecule has 1 saturated heterocycles. The summed E-state index contributed by atoms with van der Waals surface area (Å²) in [5, 5.41) is 6.69. The first-order valence-electron chi connectivity index (χ1n) is 10.1. The Labute approximate surface area is 158 Å². The van der Waals surface area contributed by atoms with Gasteiger partial charge in [0, 0.05) is 45.6 Å². The van der Waals surface area contributed by atoms with Gasteiger partial charge in [0.2, 0.25) is 0 Å². The van der Waals surface area contributed by atoms with Gasteiger partial charge in [-0.05, 0) is 50.3 Å². The first kappa shape index (κ1) is 20.5. The van der Waals surface area contributed by atoms with Crippen molar-refractivity contribution in [1.29, 1.82) is 0 Å². The smallest absolute Gasteiger partial charge is 0.191 e. The third-order valence-corrected chi connectivity index (χ3v) is 4.40. The van der Waals surface area contributed by atoms with Crippen LogP contribution in [-0.4, -0.2) is 50.3 Å². The lowest BCUT2D eigenvalue weighted by Crippen LogP contribution is -2.38. The second-order valence-corrected chi connectivity index (χ2v) is 6.66. The fourth-order valence-corrected chi connectivity index (χ4v) is 2.92. The molecule has 2 heterocycles. The largest absolute Gasteiger partial charge is 0.381 e. The van der Waals surface area contributed by atoms with Gasteiger partial charge >= 0.3 is 0 Å². The number of aromatic nitrogens is 1. The van der Waals surface area contributed by atoms with Crippen molar-refractivity contribution in [3.05, 3.63) is 23.9 Å². The zero-order chi connectivity index (χ0) is 18.5. The Bertz CT molecular complexity index is 529. The molecule has 0 aromatic carbocycles. The maximum Gasteiger partial charge on any atom is 0.191 e. The molecule has 1 aliphatic heterocycles. The minimum absolute atomic E-state index is 0.658. The summed E-state index contributed by atoms with van der Waals surface area (Å²) < 4.78 is 5.60. The highest BCUT2D eigenvalue weighted by Gasteiger charge is 2.13. The summed E-state index contributed by atoms with van der Waals surface area (Å²) in [6.07, 6.45) is 7.74. The molecule has 1 fully saturated rings. The van der Waals surface area contributed by atoms with Crippen LogP contribution < -0.4 is 15.5 Å². The van der Waals surface area contributed by atoms with E-state index in [9.17, 15) is 0 Å². The van der Waals surface area contributed by atoms with E-state index in [-0.39, 0.29) is 0 Å². The summed E-state index contributed by atoms with van der Waals surface area (Å²) >= 11 is 0. The fraction of sp³-hybridized carbons (Fsp3) is 0.700. The number of unbranched alkanes of at least 4 members (excludes halogenated alkanes) is 1. The van der Waals surface area contributed by atoms with Crippen LogP contribution in [0.1, 0.15) is 51.5 Å². The van der Waals surface area contributed by atoms with E-state index in [0.717, 1.165) is 64.0 Å².